The van der Waals surface area contributed by atoms with Crippen LogP contribution in [0.15, 0.2) is 47.8 Å². The molecule has 1 heterocycles. The first-order valence-corrected chi connectivity index (χ1v) is 5.79. The molecule has 5 heteroatoms. The van der Waals surface area contributed by atoms with Gasteiger partial charge in [0.25, 0.3) is 0 Å². The lowest BCUT2D eigenvalue weighted by molar-refractivity contribution is 0.413. The van der Waals surface area contributed by atoms with Crippen molar-refractivity contribution in [2.45, 2.75) is 6.42 Å². The van der Waals surface area contributed by atoms with E-state index in [0.29, 0.717) is 17.7 Å². The zero-order chi connectivity index (χ0) is 13.5. The molecular formula is C14H14FN3O. The third-order valence-electron chi connectivity index (χ3n) is 2.53. The number of halogens is 1. The molecule has 1 aromatic carbocycles. The summed E-state index contributed by atoms with van der Waals surface area (Å²) in [5, 5.41) is 4.02. The first kappa shape index (κ1) is 13.0. The number of benzene rings is 1. The van der Waals surface area contributed by atoms with E-state index in [9.17, 15) is 4.39 Å². The average Bonchev–Trinajstić information content (AvgIpc) is 2.46. The standard InChI is InChI=1S/C14H14FN3O/c1-19-13-2-3-14(15)11(10-13)4-9-17-18-12-5-7-16-8-6-12/h2-3,5-10H,4H2,1H3,(H,16,18)/b17-9+. The van der Waals surface area contributed by atoms with E-state index in [1.54, 1.807) is 50.0 Å². The Labute approximate surface area is 110 Å². The number of nitrogens with zero attached hydrogens (tertiary/aromatic N) is 2. The zero-order valence-electron chi connectivity index (χ0n) is 10.5. The smallest absolute Gasteiger partial charge is 0.127 e. The topological polar surface area (TPSA) is 46.5 Å². The van der Waals surface area contributed by atoms with Crippen LogP contribution in [0.3, 0.4) is 0 Å². The van der Waals surface area contributed by atoms with Crippen molar-refractivity contribution in [3.8, 4) is 5.75 Å². The molecular weight excluding hydrogens is 245 g/mol. The summed E-state index contributed by atoms with van der Waals surface area (Å²) in [6, 6.07) is 8.23. The molecule has 0 amide bonds. The minimum atomic E-state index is -0.267. The number of rotatable bonds is 5. The largest absolute Gasteiger partial charge is 0.497 e. The summed E-state index contributed by atoms with van der Waals surface area (Å²) in [5.41, 5.74) is 4.21. The van der Waals surface area contributed by atoms with Crippen molar-refractivity contribution < 1.29 is 9.13 Å². The van der Waals surface area contributed by atoms with E-state index in [4.69, 9.17) is 4.74 Å². The second-order valence-electron chi connectivity index (χ2n) is 3.82. The lowest BCUT2D eigenvalue weighted by atomic mass is 10.1. The van der Waals surface area contributed by atoms with Gasteiger partial charge in [-0.05, 0) is 35.9 Å². The highest BCUT2D eigenvalue weighted by Crippen LogP contribution is 2.16. The maximum Gasteiger partial charge on any atom is 0.127 e. The summed E-state index contributed by atoms with van der Waals surface area (Å²) >= 11 is 0. The molecule has 0 unspecified atom stereocenters. The van der Waals surface area contributed by atoms with Crippen LogP contribution in [0.25, 0.3) is 0 Å². The monoisotopic (exact) mass is 259 g/mol. The van der Waals surface area contributed by atoms with Gasteiger partial charge >= 0.3 is 0 Å². The molecule has 0 aliphatic rings. The van der Waals surface area contributed by atoms with Crippen molar-refractivity contribution in [2.24, 2.45) is 5.10 Å². The number of pyridine rings is 1. The zero-order valence-corrected chi connectivity index (χ0v) is 10.5. The van der Waals surface area contributed by atoms with Crippen LogP contribution >= 0.6 is 0 Å². The molecule has 19 heavy (non-hydrogen) atoms. The van der Waals surface area contributed by atoms with Gasteiger partial charge in [-0.25, -0.2) is 4.39 Å². The number of methoxy groups -OCH3 is 1. The Balaban J connectivity index is 1.95. The first-order chi connectivity index (χ1) is 9.29. The normalized spacial score (nSPS) is 10.6. The Hall–Kier alpha value is -2.43. The number of hydrazone groups is 1. The van der Waals surface area contributed by atoms with Crippen LogP contribution in [0.1, 0.15) is 5.56 Å². The number of aromatic nitrogens is 1. The lowest BCUT2D eigenvalue weighted by Crippen LogP contribution is -1.96. The van der Waals surface area contributed by atoms with E-state index in [-0.39, 0.29) is 5.82 Å². The molecule has 4 nitrogen and oxygen atoms in total. The van der Waals surface area contributed by atoms with Crippen LogP contribution in [0.5, 0.6) is 5.75 Å². The maximum atomic E-state index is 13.5. The highest BCUT2D eigenvalue weighted by molar-refractivity contribution is 5.63. The van der Waals surface area contributed by atoms with Crippen molar-refractivity contribution in [2.75, 3.05) is 12.5 Å². The molecule has 1 N–H and O–H groups in total. The van der Waals surface area contributed by atoms with Crippen molar-refractivity contribution in [3.05, 3.63) is 54.1 Å². The Morgan fingerprint density at radius 1 is 1.32 bits per heavy atom. The fourth-order valence-electron chi connectivity index (χ4n) is 1.53. The number of ether oxygens (including phenoxy) is 1. The van der Waals surface area contributed by atoms with Gasteiger partial charge in [0.2, 0.25) is 0 Å². The van der Waals surface area contributed by atoms with E-state index in [1.807, 2.05) is 0 Å². The van der Waals surface area contributed by atoms with Crippen molar-refractivity contribution in [1.29, 1.82) is 0 Å². The van der Waals surface area contributed by atoms with Crippen LogP contribution in [-0.4, -0.2) is 18.3 Å². The van der Waals surface area contributed by atoms with Gasteiger partial charge in [0.05, 0.1) is 12.8 Å². The van der Waals surface area contributed by atoms with E-state index in [0.717, 1.165) is 5.69 Å². The summed E-state index contributed by atoms with van der Waals surface area (Å²) in [5.74, 6) is 0.364. The van der Waals surface area contributed by atoms with Crippen LogP contribution in [0.4, 0.5) is 10.1 Å². The number of hydrogen-bond acceptors (Lipinski definition) is 4. The van der Waals surface area contributed by atoms with Gasteiger partial charge in [0, 0.05) is 25.0 Å². The Morgan fingerprint density at radius 3 is 2.84 bits per heavy atom. The molecule has 0 saturated heterocycles. The fourth-order valence-corrected chi connectivity index (χ4v) is 1.53. The molecule has 0 aliphatic heterocycles. The van der Waals surface area contributed by atoms with Crippen molar-refractivity contribution in [1.82, 2.24) is 4.98 Å². The SMILES string of the molecule is COc1ccc(F)c(C/C=N/Nc2ccncc2)c1. The highest BCUT2D eigenvalue weighted by Gasteiger charge is 2.02. The molecule has 0 bridgehead atoms. The number of nitrogens with one attached hydrogen (secondary N) is 1. The van der Waals surface area contributed by atoms with Gasteiger partial charge in [-0.2, -0.15) is 5.10 Å². The van der Waals surface area contributed by atoms with Gasteiger partial charge in [-0.1, -0.05) is 0 Å². The Kier molecular flexibility index (Phi) is 4.44. The van der Waals surface area contributed by atoms with Crippen molar-refractivity contribution in [3.63, 3.8) is 0 Å². The van der Waals surface area contributed by atoms with Crippen LogP contribution in [-0.2, 0) is 6.42 Å². The third-order valence-corrected chi connectivity index (χ3v) is 2.53. The maximum absolute atomic E-state index is 13.5. The summed E-state index contributed by atoms with van der Waals surface area (Å²) in [7, 11) is 1.55. The van der Waals surface area contributed by atoms with E-state index < -0.39 is 0 Å². The third kappa shape index (κ3) is 3.77. The van der Waals surface area contributed by atoms with Crippen LogP contribution < -0.4 is 10.2 Å². The van der Waals surface area contributed by atoms with Gasteiger partial charge in [0.15, 0.2) is 0 Å². The predicted molar refractivity (Wildman–Crippen MR) is 73.0 cm³/mol. The average molecular weight is 259 g/mol. The van der Waals surface area contributed by atoms with Gasteiger partial charge in [0.1, 0.15) is 11.6 Å². The van der Waals surface area contributed by atoms with E-state index in [2.05, 4.69) is 15.5 Å². The molecule has 2 aromatic rings. The van der Waals surface area contributed by atoms with Crippen LogP contribution in [0.2, 0.25) is 0 Å². The summed E-state index contributed by atoms with van der Waals surface area (Å²) < 4.78 is 18.6. The van der Waals surface area contributed by atoms with Crippen LogP contribution in [0, 0.1) is 5.82 Å². The van der Waals surface area contributed by atoms with Crippen molar-refractivity contribution >= 4 is 11.9 Å². The lowest BCUT2D eigenvalue weighted by Gasteiger charge is -2.03. The summed E-state index contributed by atoms with van der Waals surface area (Å²) in [6.45, 7) is 0. The molecule has 0 spiro atoms. The number of anilines is 1. The predicted octanol–water partition coefficient (Wildman–Crippen LogP) is 2.87. The molecule has 0 atom stereocenters. The van der Waals surface area contributed by atoms with Gasteiger partial charge in [-0.3, -0.25) is 10.4 Å². The number of hydrogen-bond donors (Lipinski definition) is 1. The van der Waals surface area contributed by atoms with Gasteiger partial charge in [-0.15, -0.1) is 0 Å². The Bertz CT molecular complexity index is 558. The second-order valence-corrected chi connectivity index (χ2v) is 3.82. The molecule has 0 fully saturated rings. The molecule has 98 valence electrons. The molecule has 0 radical (unpaired) electrons. The molecule has 2 rings (SSSR count). The molecule has 1 aromatic heterocycles. The highest BCUT2D eigenvalue weighted by atomic mass is 19.1. The second kappa shape index (κ2) is 6.49. The van der Waals surface area contributed by atoms with E-state index in [1.165, 1.54) is 6.07 Å². The first-order valence-electron chi connectivity index (χ1n) is 5.79. The minimum Gasteiger partial charge on any atom is -0.497 e. The molecule has 0 aliphatic carbocycles. The summed E-state index contributed by atoms with van der Waals surface area (Å²) in [4.78, 5) is 3.90. The quantitative estimate of drug-likeness (QED) is 0.663. The Morgan fingerprint density at radius 2 is 2.11 bits per heavy atom. The molecule has 0 saturated carbocycles. The van der Waals surface area contributed by atoms with Gasteiger partial charge < -0.3 is 4.74 Å². The summed E-state index contributed by atoms with van der Waals surface area (Å²) in [6.07, 6.45) is 5.33. The minimum absolute atomic E-state index is 0.267. The van der Waals surface area contributed by atoms with E-state index >= 15 is 0 Å². The fraction of sp³-hybridized carbons (Fsp3) is 0.143.